The van der Waals surface area contributed by atoms with Crippen molar-refractivity contribution in [2.45, 2.75) is 17.0 Å². The lowest BCUT2D eigenvalue weighted by Gasteiger charge is -2.13. The second kappa shape index (κ2) is 7.17. The summed E-state index contributed by atoms with van der Waals surface area (Å²) < 4.78 is 39.2. The Morgan fingerprint density at radius 2 is 1.88 bits per heavy atom. The lowest BCUT2D eigenvalue weighted by atomic mass is 10.0. The van der Waals surface area contributed by atoms with E-state index in [1.54, 1.807) is 12.1 Å². The number of aromatic hydroxyl groups is 1. The molecule has 0 atom stereocenters. The third-order valence-electron chi connectivity index (χ3n) is 3.78. The van der Waals surface area contributed by atoms with Gasteiger partial charge in [-0.15, -0.1) is 11.8 Å². The van der Waals surface area contributed by atoms with Gasteiger partial charge < -0.3 is 10.5 Å². The summed E-state index contributed by atoms with van der Waals surface area (Å²) in [5, 5.41) is 18.8. The topological polar surface area (TPSA) is 57.0 Å². The molecule has 1 aromatic heterocycles. The Bertz CT molecular complexity index is 992. The van der Waals surface area contributed by atoms with Gasteiger partial charge in [-0.05, 0) is 29.1 Å². The first-order valence-corrected chi connectivity index (χ1v) is 8.78. The van der Waals surface area contributed by atoms with Crippen LogP contribution in [0, 0.1) is 5.41 Å². The van der Waals surface area contributed by atoms with Gasteiger partial charge in [0.05, 0.1) is 11.1 Å². The van der Waals surface area contributed by atoms with Crippen molar-refractivity contribution in [3.8, 4) is 5.88 Å². The Morgan fingerprint density at radius 3 is 2.54 bits per heavy atom. The highest BCUT2D eigenvalue weighted by atomic mass is 35.5. The van der Waals surface area contributed by atoms with Gasteiger partial charge in [-0.25, -0.2) is 4.98 Å². The third kappa shape index (κ3) is 3.64. The molecule has 0 aliphatic heterocycles. The van der Waals surface area contributed by atoms with Gasteiger partial charge in [0, 0.05) is 22.4 Å². The summed E-state index contributed by atoms with van der Waals surface area (Å²) in [7, 11) is 0. The van der Waals surface area contributed by atoms with Crippen LogP contribution in [0.3, 0.4) is 0 Å². The van der Waals surface area contributed by atoms with E-state index in [1.165, 1.54) is 17.8 Å². The highest BCUT2D eigenvalue weighted by Crippen LogP contribution is 2.38. The summed E-state index contributed by atoms with van der Waals surface area (Å²) in [6.07, 6.45) is -3.62. The zero-order valence-electron chi connectivity index (χ0n) is 13.1. The van der Waals surface area contributed by atoms with Crippen molar-refractivity contribution in [2.75, 3.05) is 0 Å². The molecule has 3 aromatic rings. The van der Waals surface area contributed by atoms with Crippen molar-refractivity contribution in [1.82, 2.24) is 4.98 Å². The standard InChI is InChI=1S/C18H12ClF3N2OS/c19-15-4-2-1-3-10(15)9-26-17-13-7-11(18(20,21)22)5-6-12(13)14(8-23)16(25)24-17/h1-8,23H,9H2,(H,24,25). The molecule has 0 saturated carbocycles. The van der Waals surface area contributed by atoms with Crippen LogP contribution in [0.1, 0.15) is 16.7 Å². The molecule has 8 heteroatoms. The Kier molecular flexibility index (Phi) is 5.11. The number of alkyl halides is 3. The van der Waals surface area contributed by atoms with Crippen LogP contribution in [0.5, 0.6) is 5.88 Å². The summed E-state index contributed by atoms with van der Waals surface area (Å²) in [4.78, 5) is 4.00. The average Bonchev–Trinajstić information content (AvgIpc) is 2.59. The molecular weight excluding hydrogens is 385 g/mol. The number of hydrogen-bond acceptors (Lipinski definition) is 4. The van der Waals surface area contributed by atoms with Gasteiger partial charge in [-0.2, -0.15) is 13.2 Å². The van der Waals surface area contributed by atoms with E-state index in [2.05, 4.69) is 4.98 Å². The molecule has 0 bridgehead atoms. The maximum atomic E-state index is 13.1. The third-order valence-corrected chi connectivity index (χ3v) is 5.19. The van der Waals surface area contributed by atoms with Crippen molar-refractivity contribution in [2.24, 2.45) is 0 Å². The Hall–Kier alpha value is -2.25. The fourth-order valence-electron chi connectivity index (χ4n) is 2.48. The molecule has 0 amide bonds. The number of benzene rings is 2. The van der Waals surface area contributed by atoms with Gasteiger partial charge in [0.1, 0.15) is 5.03 Å². The number of aromatic nitrogens is 1. The molecule has 3 rings (SSSR count). The minimum absolute atomic E-state index is 0.0795. The largest absolute Gasteiger partial charge is 0.493 e. The molecule has 0 saturated heterocycles. The number of halogens is 4. The van der Waals surface area contributed by atoms with Crippen molar-refractivity contribution < 1.29 is 18.3 Å². The quantitative estimate of drug-likeness (QED) is 0.426. The molecule has 134 valence electrons. The summed E-state index contributed by atoms with van der Waals surface area (Å²) in [6.45, 7) is 0. The lowest BCUT2D eigenvalue weighted by Crippen LogP contribution is -2.05. The van der Waals surface area contributed by atoms with Crippen LogP contribution in [0.4, 0.5) is 13.2 Å². The van der Waals surface area contributed by atoms with E-state index in [4.69, 9.17) is 17.0 Å². The minimum Gasteiger partial charge on any atom is -0.493 e. The number of nitrogens with zero attached hydrogens (tertiary/aromatic N) is 1. The number of hydrogen-bond donors (Lipinski definition) is 2. The first kappa shape index (κ1) is 18.5. The van der Waals surface area contributed by atoms with E-state index in [1.807, 2.05) is 12.1 Å². The van der Waals surface area contributed by atoms with E-state index < -0.39 is 17.6 Å². The number of fused-ring (bicyclic) bond motifs is 1. The van der Waals surface area contributed by atoms with E-state index in [0.29, 0.717) is 16.2 Å². The highest BCUT2D eigenvalue weighted by molar-refractivity contribution is 7.98. The van der Waals surface area contributed by atoms with E-state index >= 15 is 0 Å². The molecular formula is C18H12ClF3N2OS. The van der Waals surface area contributed by atoms with Gasteiger partial charge in [-0.3, -0.25) is 0 Å². The zero-order chi connectivity index (χ0) is 18.9. The predicted octanol–water partition coefficient (Wildman–Crippen LogP) is 5.90. The molecule has 2 aromatic carbocycles. The van der Waals surface area contributed by atoms with E-state index in [0.717, 1.165) is 23.9 Å². The Morgan fingerprint density at radius 1 is 1.15 bits per heavy atom. The van der Waals surface area contributed by atoms with E-state index in [9.17, 15) is 18.3 Å². The molecule has 1 heterocycles. The van der Waals surface area contributed by atoms with Crippen LogP contribution in [0.15, 0.2) is 47.5 Å². The van der Waals surface area contributed by atoms with Crippen LogP contribution >= 0.6 is 23.4 Å². The molecule has 0 fully saturated rings. The fourth-order valence-corrected chi connectivity index (χ4v) is 3.78. The van der Waals surface area contributed by atoms with Crippen molar-refractivity contribution in [1.29, 1.82) is 5.41 Å². The first-order valence-electron chi connectivity index (χ1n) is 7.42. The number of pyridine rings is 1. The van der Waals surface area contributed by atoms with Gasteiger partial charge in [-0.1, -0.05) is 35.9 Å². The zero-order valence-corrected chi connectivity index (χ0v) is 14.7. The minimum atomic E-state index is -4.50. The molecule has 2 N–H and O–H groups in total. The van der Waals surface area contributed by atoms with Crippen LogP contribution in [-0.2, 0) is 11.9 Å². The number of nitrogens with one attached hydrogen (secondary N) is 1. The molecule has 0 unspecified atom stereocenters. The molecule has 0 aliphatic carbocycles. The van der Waals surface area contributed by atoms with Crippen LogP contribution in [0.2, 0.25) is 5.02 Å². The van der Waals surface area contributed by atoms with Crippen molar-refractivity contribution in [3.05, 3.63) is 64.2 Å². The highest BCUT2D eigenvalue weighted by Gasteiger charge is 2.31. The van der Waals surface area contributed by atoms with Gasteiger partial charge in [0.25, 0.3) is 0 Å². The average molecular weight is 397 g/mol. The second-order valence-electron chi connectivity index (χ2n) is 5.44. The summed E-state index contributed by atoms with van der Waals surface area (Å²) >= 11 is 7.28. The van der Waals surface area contributed by atoms with Crippen LogP contribution in [0.25, 0.3) is 10.8 Å². The van der Waals surface area contributed by atoms with Crippen molar-refractivity contribution >= 4 is 40.3 Å². The molecule has 0 radical (unpaired) electrons. The molecule has 26 heavy (non-hydrogen) atoms. The maximum Gasteiger partial charge on any atom is 0.416 e. The van der Waals surface area contributed by atoms with Gasteiger partial charge in [0.2, 0.25) is 5.88 Å². The number of thioether (sulfide) groups is 1. The predicted molar refractivity (Wildman–Crippen MR) is 97.3 cm³/mol. The van der Waals surface area contributed by atoms with Crippen LogP contribution < -0.4 is 0 Å². The maximum absolute atomic E-state index is 13.1. The molecule has 0 aliphatic rings. The molecule has 0 spiro atoms. The second-order valence-corrected chi connectivity index (χ2v) is 6.81. The Balaban J connectivity index is 2.11. The summed E-state index contributed by atoms with van der Waals surface area (Å²) in [6, 6.07) is 10.3. The van der Waals surface area contributed by atoms with Crippen LogP contribution in [-0.4, -0.2) is 16.3 Å². The SMILES string of the molecule is N=Cc1c(O)nc(SCc2ccccc2Cl)c2cc(C(F)(F)F)ccc12. The Labute approximate surface area is 156 Å². The monoisotopic (exact) mass is 396 g/mol. The smallest absolute Gasteiger partial charge is 0.416 e. The lowest BCUT2D eigenvalue weighted by molar-refractivity contribution is -0.137. The van der Waals surface area contributed by atoms with Crippen molar-refractivity contribution in [3.63, 3.8) is 0 Å². The summed E-state index contributed by atoms with van der Waals surface area (Å²) in [5.41, 5.74) is 0.0699. The van der Waals surface area contributed by atoms with E-state index in [-0.39, 0.29) is 16.0 Å². The number of rotatable bonds is 4. The normalized spacial score (nSPS) is 11.7. The molecule has 3 nitrogen and oxygen atoms in total. The van der Waals surface area contributed by atoms with Gasteiger partial charge >= 0.3 is 6.18 Å². The summed E-state index contributed by atoms with van der Waals surface area (Å²) in [5.74, 6) is -0.0181. The van der Waals surface area contributed by atoms with Gasteiger partial charge in [0.15, 0.2) is 0 Å². The fraction of sp³-hybridized carbons (Fsp3) is 0.111. The first-order chi connectivity index (χ1) is 12.3.